The number of rotatable bonds is 3. The SMILES string of the molecule is [N-]=[N+]=NC(CO)c1cncnc1. The van der Waals surface area contributed by atoms with Crippen LogP contribution in [-0.4, -0.2) is 21.7 Å². The monoisotopic (exact) mass is 165 g/mol. The highest BCUT2D eigenvalue weighted by molar-refractivity contribution is 5.09. The second-order valence-electron chi connectivity index (χ2n) is 2.08. The summed E-state index contributed by atoms with van der Waals surface area (Å²) in [6, 6.07) is -0.587. The topological polar surface area (TPSA) is 94.8 Å². The van der Waals surface area contributed by atoms with Crippen molar-refractivity contribution in [2.45, 2.75) is 6.04 Å². The average Bonchev–Trinajstić information content (AvgIpc) is 2.15. The van der Waals surface area contributed by atoms with Crippen LogP contribution in [0.3, 0.4) is 0 Å². The molecule has 1 atom stereocenters. The molecule has 6 heteroatoms. The summed E-state index contributed by atoms with van der Waals surface area (Å²) < 4.78 is 0. The Morgan fingerprint density at radius 3 is 2.75 bits per heavy atom. The van der Waals surface area contributed by atoms with E-state index in [0.29, 0.717) is 5.56 Å². The van der Waals surface area contributed by atoms with Crippen LogP contribution >= 0.6 is 0 Å². The number of nitrogens with zero attached hydrogens (tertiary/aromatic N) is 5. The van der Waals surface area contributed by atoms with Gasteiger partial charge in [-0.05, 0) is 11.1 Å². The Morgan fingerprint density at radius 1 is 1.58 bits per heavy atom. The Morgan fingerprint density at radius 2 is 2.25 bits per heavy atom. The third-order valence-corrected chi connectivity index (χ3v) is 1.33. The fourth-order valence-electron chi connectivity index (χ4n) is 0.754. The number of azide groups is 1. The number of aliphatic hydroxyl groups excluding tert-OH is 1. The first kappa shape index (κ1) is 8.45. The largest absolute Gasteiger partial charge is 0.396 e. The van der Waals surface area contributed by atoms with Crippen LogP contribution in [0, 0.1) is 0 Å². The predicted octanol–water partition coefficient (Wildman–Crippen LogP) is 0.820. The Bertz CT molecular complexity index is 281. The molecule has 0 aliphatic heterocycles. The lowest BCUT2D eigenvalue weighted by Crippen LogP contribution is -2.00. The lowest BCUT2D eigenvalue weighted by atomic mass is 10.2. The zero-order valence-corrected chi connectivity index (χ0v) is 6.20. The zero-order valence-electron chi connectivity index (χ0n) is 6.20. The molecule has 0 amide bonds. The van der Waals surface area contributed by atoms with Gasteiger partial charge in [0.15, 0.2) is 0 Å². The van der Waals surface area contributed by atoms with Crippen molar-refractivity contribution in [3.05, 3.63) is 34.7 Å². The first-order valence-corrected chi connectivity index (χ1v) is 3.28. The van der Waals surface area contributed by atoms with Crippen LogP contribution < -0.4 is 0 Å². The van der Waals surface area contributed by atoms with Crippen LogP contribution in [0.4, 0.5) is 0 Å². The molecule has 6 nitrogen and oxygen atoms in total. The van der Waals surface area contributed by atoms with E-state index in [1.807, 2.05) is 0 Å². The normalized spacial score (nSPS) is 11.8. The van der Waals surface area contributed by atoms with Crippen molar-refractivity contribution in [3.63, 3.8) is 0 Å². The zero-order chi connectivity index (χ0) is 8.81. The van der Waals surface area contributed by atoms with E-state index < -0.39 is 6.04 Å². The molecule has 62 valence electrons. The maximum absolute atomic E-state index is 8.79. The highest BCUT2D eigenvalue weighted by Gasteiger charge is 2.07. The van der Waals surface area contributed by atoms with Gasteiger partial charge in [-0.1, -0.05) is 5.11 Å². The summed E-state index contributed by atoms with van der Waals surface area (Å²) in [5.74, 6) is 0. The summed E-state index contributed by atoms with van der Waals surface area (Å²) in [5.41, 5.74) is 8.74. The molecule has 0 aliphatic carbocycles. The predicted molar refractivity (Wildman–Crippen MR) is 41.0 cm³/mol. The number of aromatic nitrogens is 2. The summed E-state index contributed by atoms with van der Waals surface area (Å²) in [5, 5.41) is 12.2. The lowest BCUT2D eigenvalue weighted by molar-refractivity contribution is 0.267. The van der Waals surface area contributed by atoms with E-state index in [0.717, 1.165) is 0 Å². The van der Waals surface area contributed by atoms with Gasteiger partial charge in [-0.3, -0.25) is 0 Å². The summed E-state index contributed by atoms with van der Waals surface area (Å²) in [7, 11) is 0. The quantitative estimate of drug-likeness (QED) is 0.408. The molecule has 0 radical (unpaired) electrons. The molecule has 1 aromatic rings. The van der Waals surface area contributed by atoms with Crippen LogP contribution in [0.25, 0.3) is 10.4 Å². The molecule has 12 heavy (non-hydrogen) atoms. The van der Waals surface area contributed by atoms with Crippen molar-refractivity contribution >= 4 is 0 Å². The molecule has 0 saturated carbocycles. The first-order chi connectivity index (χ1) is 5.88. The molecule has 0 spiro atoms. The maximum Gasteiger partial charge on any atom is 0.115 e. The number of hydrogen-bond acceptors (Lipinski definition) is 4. The van der Waals surface area contributed by atoms with Crippen LogP contribution in [0.1, 0.15) is 11.6 Å². The highest BCUT2D eigenvalue weighted by atomic mass is 16.3. The maximum atomic E-state index is 8.79. The van der Waals surface area contributed by atoms with E-state index in [2.05, 4.69) is 20.0 Å². The van der Waals surface area contributed by atoms with Crippen molar-refractivity contribution in [3.8, 4) is 0 Å². The van der Waals surface area contributed by atoms with Gasteiger partial charge in [-0.15, -0.1) is 0 Å². The molecule has 1 N–H and O–H groups in total. The third kappa shape index (κ3) is 1.91. The van der Waals surface area contributed by atoms with Crippen LogP contribution in [0.15, 0.2) is 23.8 Å². The molecule has 1 rings (SSSR count). The van der Waals surface area contributed by atoms with Gasteiger partial charge in [0, 0.05) is 17.3 Å². The van der Waals surface area contributed by atoms with Gasteiger partial charge in [0.2, 0.25) is 0 Å². The molecule has 0 bridgehead atoms. The molecular weight excluding hydrogens is 158 g/mol. The standard InChI is InChI=1S/C6H7N5O/c7-11-10-6(3-12)5-1-8-4-9-2-5/h1-2,4,6,12H,3H2. The van der Waals surface area contributed by atoms with Gasteiger partial charge in [0.1, 0.15) is 6.33 Å². The minimum atomic E-state index is -0.587. The highest BCUT2D eigenvalue weighted by Crippen LogP contribution is 2.13. The summed E-state index contributed by atoms with van der Waals surface area (Å²) >= 11 is 0. The van der Waals surface area contributed by atoms with E-state index in [-0.39, 0.29) is 6.61 Å². The van der Waals surface area contributed by atoms with Crippen molar-refractivity contribution in [1.82, 2.24) is 9.97 Å². The van der Waals surface area contributed by atoms with E-state index in [9.17, 15) is 0 Å². The van der Waals surface area contributed by atoms with Crippen LogP contribution in [-0.2, 0) is 0 Å². The fourth-order valence-corrected chi connectivity index (χ4v) is 0.754. The Kier molecular flexibility index (Phi) is 3.01. The first-order valence-electron chi connectivity index (χ1n) is 3.28. The smallest absolute Gasteiger partial charge is 0.115 e. The summed E-state index contributed by atoms with van der Waals surface area (Å²) in [4.78, 5) is 10.1. The van der Waals surface area contributed by atoms with Gasteiger partial charge in [0.25, 0.3) is 0 Å². The van der Waals surface area contributed by atoms with Crippen LogP contribution in [0.2, 0.25) is 0 Å². The van der Waals surface area contributed by atoms with E-state index in [4.69, 9.17) is 10.6 Å². The van der Waals surface area contributed by atoms with E-state index in [1.54, 1.807) is 0 Å². The molecule has 1 heterocycles. The van der Waals surface area contributed by atoms with E-state index >= 15 is 0 Å². The van der Waals surface area contributed by atoms with E-state index in [1.165, 1.54) is 18.7 Å². The Balaban J connectivity index is 2.87. The number of hydrogen-bond donors (Lipinski definition) is 1. The molecule has 1 aromatic heterocycles. The van der Waals surface area contributed by atoms with Gasteiger partial charge >= 0.3 is 0 Å². The fraction of sp³-hybridized carbons (Fsp3) is 0.333. The molecular formula is C6H7N5O. The van der Waals surface area contributed by atoms with Crippen molar-refractivity contribution in [1.29, 1.82) is 0 Å². The molecule has 0 saturated heterocycles. The van der Waals surface area contributed by atoms with Gasteiger partial charge < -0.3 is 5.11 Å². The van der Waals surface area contributed by atoms with Crippen molar-refractivity contribution in [2.24, 2.45) is 5.11 Å². The second-order valence-corrected chi connectivity index (χ2v) is 2.08. The third-order valence-electron chi connectivity index (χ3n) is 1.33. The van der Waals surface area contributed by atoms with Crippen molar-refractivity contribution < 1.29 is 5.11 Å². The minimum absolute atomic E-state index is 0.239. The number of aliphatic hydroxyl groups is 1. The summed E-state index contributed by atoms with van der Waals surface area (Å²) in [6.07, 6.45) is 4.37. The van der Waals surface area contributed by atoms with Gasteiger partial charge in [0.05, 0.1) is 12.6 Å². The van der Waals surface area contributed by atoms with Gasteiger partial charge in [-0.2, -0.15) is 0 Å². The van der Waals surface area contributed by atoms with Gasteiger partial charge in [-0.25, -0.2) is 9.97 Å². The lowest BCUT2D eigenvalue weighted by Gasteiger charge is -2.04. The molecule has 1 unspecified atom stereocenters. The Labute approximate surface area is 68.5 Å². The minimum Gasteiger partial charge on any atom is -0.396 e. The molecule has 0 aliphatic rings. The second kappa shape index (κ2) is 4.27. The average molecular weight is 165 g/mol. The van der Waals surface area contributed by atoms with Crippen LogP contribution in [0.5, 0.6) is 0 Å². The Hall–Kier alpha value is -1.65. The molecule has 0 fully saturated rings. The summed E-state index contributed by atoms with van der Waals surface area (Å²) in [6.45, 7) is -0.239. The molecule has 0 aromatic carbocycles. The van der Waals surface area contributed by atoms with Crippen molar-refractivity contribution in [2.75, 3.05) is 6.61 Å².